The summed E-state index contributed by atoms with van der Waals surface area (Å²) in [5.41, 5.74) is -0.393. The van der Waals surface area contributed by atoms with E-state index in [1.54, 1.807) is 32.9 Å². The van der Waals surface area contributed by atoms with E-state index in [0.29, 0.717) is 28.7 Å². The first kappa shape index (κ1) is 31.2. The molecule has 1 aliphatic heterocycles. The van der Waals surface area contributed by atoms with Crippen molar-refractivity contribution in [3.63, 3.8) is 0 Å². The molecule has 42 heavy (non-hydrogen) atoms. The largest absolute Gasteiger partial charge is 0.417 e. The van der Waals surface area contributed by atoms with E-state index in [0.717, 1.165) is 44.6 Å². The molecule has 3 N–H and O–H groups in total. The highest BCUT2D eigenvalue weighted by atomic mass is 35.5. The summed E-state index contributed by atoms with van der Waals surface area (Å²) < 4.78 is 39.7. The number of carbonyl (C=O) groups is 2. The molecular formula is C30H34ClF3N6O2. The number of amides is 2. The van der Waals surface area contributed by atoms with Gasteiger partial charge < -0.3 is 20.9 Å². The van der Waals surface area contributed by atoms with E-state index in [-0.39, 0.29) is 17.2 Å². The first-order valence-electron chi connectivity index (χ1n) is 13.6. The van der Waals surface area contributed by atoms with Crippen LogP contribution in [0.2, 0.25) is 5.02 Å². The number of aromatic nitrogens is 2. The summed E-state index contributed by atoms with van der Waals surface area (Å²) >= 11 is 5.68. The second-order valence-electron chi connectivity index (χ2n) is 11.2. The van der Waals surface area contributed by atoms with E-state index in [9.17, 15) is 22.8 Å². The summed E-state index contributed by atoms with van der Waals surface area (Å²) in [5.74, 6) is 0.201. The number of rotatable bonds is 8. The molecule has 1 saturated heterocycles. The minimum absolute atomic E-state index is 0.0620. The number of nitrogens with zero attached hydrogens (tertiary/aromatic N) is 3. The van der Waals surface area contributed by atoms with Gasteiger partial charge in [0.1, 0.15) is 12.1 Å². The minimum Gasteiger partial charge on any atom is -0.370 e. The van der Waals surface area contributed by atoms with Crippen molar-refractivity contribution in [1.29, 1.82) is 0 Å². The third-order valence-electron chi connectivity index (χ3n) is 7.56. The molecule has 1 aromatic heterocycles. The molecule has 12 heteroatoms. The standard InChI is InChI=1S/C30H34ClF3N6O2/c1-18-5-6-20(27(41)38-21-7-8-23(31)22(14-21)30(32,33)34)13-24(18)39-28(42)29(2,3)25-15-26(37-17-36-25)35-16-19-9-11-40(4)12-10-19/h5-8,13-15,17,19H,9-12,16H2,1-4H3,(H,38,41)(H,39,42)(H,35,36,37). The molecule has 0 radical (unpaired) electrons. The molecule has 8 nitrogen and oxygen atoms in total. The van der Waals surface area contributed by atoms with Crippen molar-refractivity contribution in [3.8, 4) is 0 Å². The van der Waals surface area contributed by atoms with Gasteiger partial charge in [0, 0.05) is 29.5 Å². The predicted molar refractivity (Wildman–Crippen MR) is 158 cm³/mol. The smallest absolute Gasteiger partial charge is 0.370 e. The van der Waals surface area contributed by atoms with Crippen LogP contribution in [0.5, 0.6) is 0 Å². The Morgan fingerprint density at radius 1 is 1.02 bits per heavy atom. The lowest BCUT2D eigenvalue weighted by atomic mass is 9.87. The van der Waals surface area contributed by atoms with Crippen molar-refractivity contribution in [1.82, 2.24) is 14.9 Å². The Labute approximate surface area is 248 Å². The number of piperidine rings is 1. The molecule has 1 aliphatic rings. The van der Waals surface area contributed by atoms with E-state index < -0.39 is 28.1 Å². The van der Waals surface area contributed by atoms with E-state index in [2.05, 4.69) is 37.9 Å². The molecule has 4 rings (SSSR count). The number of anilines is 3. The number of carbonyl (C=O) groups excluding carboxylic acids is 2. The van der Waals surface area contributed by atoms with Crippen molar-refractivity contribution < 1.29 is 22.8 Å². The minimum atomic E-state index is -4.67. The number of benzene rings is 2. The lowest BCUT2D eigenvalue weighted by Gasteiger charge is -2.29. The van der Waals surface area contributed by atoms with Gasteiger partial charge in [-0.05, 0) is 95.6 Å². The second-order valence-corrected chi connectivity index (χ2v) is 11.6. The Morgan fingerprint density at radius 3 is 2.43 bits per heavy atom. The molecule has 0 bridgehead atoms. The summed E-state index contributed by atoms with van der Waals surface area (Å²) in [7, 11) is 2.12. The Hall–Kier alpha value is -3.70. The topological polar surface area (TPSA) is 99.2 Å². The fourth-order valence-corrected chi connectivity index (χ4v) is 4.85. The second kappa shape index (κ2) is 12.7. The van der Waals surface area contributed by atoms with Crippen LogP contribution in [0.4, 0.5) is 30.4 Å². The van der Waals surface area contributed by atoms with Gasteiger partial charge >= 0.3 is 6.18 Å². The molecule has 0 unspecified atom stereocenters. The monoisotopic (exact) mass is 602 g/mol. The Kier molecular flexibility index (Phi) is 9.42. The van der Waals surface area contributed by atoms with Crippen LogP contribution in [-0.4, -0.2) is 53.4 Å². The van der Waals surface area contributed by atoms with Gasteiger partial charge in [0.25, 0.3) is 5.91 Å². The fraction of sp³-hybridized carbons (Fsp3) is 0.400. The Morgan fingerprint density at radius 2 is 1.74 bits per heavy atom. The number of hydrogen-bond donors (Lipinski definition) is 3. The number of likely N-dealkylation sites (tertiary alicyclic amines) is 1. The highest BCUT2D eigenvalue weighted by molar-refractivity contribution is 6.31. The summed E-state index contributed by atoms with van der Waals surface area (Å²) in [4.78, 5) is 37.3. The van der Waals surface area contributed by atoms with Gasteiger partial charge in [-0.3, -0.25) is 9.59 Å². The maximum Gasteiger partial charge on any atom is 0.417 e. The summed E-state index contributed by atoms with van der Waals surface area (Å²) in [6.07, 6.45) is -1.02. The number of nitrogens with one attached hydrogen (secondary N) is 3. The zero-order chi connectivity index (χ0) is 30.7. The molecule has 2 aromatic carbocycles. The number of halogens is 4. The molecule has 0 spiro atoms. The third kappa shape index (κ3) is 7.57. The van der Waals surface area contributed by atoms with Gasteiger partial charge in [0.15, 0.2) is 0 Å². The van der Waals surface area contributed by atoms with Gasteiger partial charge in [-0.2, -0.15) is 13.2 Å². The van der Waals surface area contributed by atoms with Gasteiger partial charge in [-0.15, -0.1) is 0 Å². The van der Waals surface area contributed by atoms with Crippen LogP contribution in [0, 0.1) is 12.8 Å². The molecule has 224 valence electrons. The maximum atomic E-state index is 13.5. The molecule has 2 amide bonds. The first-order valence-corrected chi connectivity index (χ1v) is 14.0. The Bertz CT molecular complexity index is 1460. The lowest BCUT2D eigenvalue weighted by molar-refractivity contribution is -0.137. The highest BCUT2D eigenvalue weighted by Gasteiger charge is 2.34. The SMILES string of the molecule is Cc1ccc(C(=O)Nc2ccc(Cl)c(C(F)(F)F)c2)cc1NC(=O)C(C)(C)c1cc(NCC2CCN(C)CC2)ncn1. The molecule has 2 heterocycles. The molecular weight excluding hydrogens is 569 g/mol. The lowest BCUT2D eigenvalue weighted by Crippen LogP contribution is -2.36. The Balaban J connectivity index is 1.45. The van der Waals surface area contributed by atoms with Crippen LogP contribution in [-0.2, 0) is 16.4 Å². The normalized spacial score (nSPS) is 14.9. The molecule has 1 fully saturated rings. The van der Waals surface area contributed by atoms with Gasteiger partial charge in [0.2, 0.25) is 5.91 Å². The summed E-state index contributed by atoms with van der Waals surface area (Å²) in [6, 6.07) is 9.56. The van der Waals surface area contributed by atoms with Crippen LogP contribution in [0.3, 0.4) is 0 Å². The van der Waals surface area contributed by atoms with Crippen molar-refractivity contribution in [2.45, 2.75) is 45.2 Å². The average Bonchev–Trinajstić information content (AvgIpc) is 2.94. The molecule has 0 aliphatic carbocycles. The molecule has 0 saturated carbocycles. The maximum absolute atomic E-state index is 13.5. The van der Waals surface area contributed by atoms with Crippen molar-refractivity contribution in [2.75, 3.05) is 42.6 Å². The molecule has 3 aromatic rings. The van der Waals surface area contributed by atoms with Crippen molar-refractivity contribution in [2.24, 2.45) is 5.92 Å². The van der Waals surface area contributed by atoms with Crippen LogP contribution in [0.1, 0.15) is 53.9 Å². The molecule has 0 atom stereocenters. The van der Waals surface area contributed by atoms with Crippen molar-refractivity contribution >= 4 is 40.6 Å². The van der Waals surface area contributed by atoms with Gasteiger partial charge in [-0.25, -0.2) is 9.97 Å². The summed E-state index contributed by atoms with van der Waals surface area (Å²) in [5, 5.41) is 8.26. The zero-order valence-corrected chi connectivity index (χ0v) is 24.7. The van der Waals surface area contributed by atoms with E-state index in [4.69, 9.17) is 11.6 Å². The van der Waals surface area contributed by atoms with Crippen LogP contribution in [0.25, 0.3) is 0 Å². The van der Waals surface area contributed by atoms with E-state index in [1.807, 2.05) is 0 Å². The van der Waals surface area contributed by atoms with Crippen LogP contribution >= 0.6 is 11.6 Å². The fourth-order valence-electron chi connectivity index (χ4n) is 4.63. The highest BCUT2D eigenvalue weighted by Crippen LogP contribution is 2.36. The van der Waals surface area contributed by atoms with Crippen molar-refractivity contribution in [3.05, 3.63) is 76.2 Å². The van der Waals surface area contributed by atoms with Crippen LogP contribution < -0.4 is 16.0 Å². The van der Waals surface area contributed by atoms with E-state index >= 15 is 0 Å². The third-order valence-corrected chi connectivity index (χ3v) is 7.89. The van der Waals surface area contributed by atoms with Crippen LogP contribution in [0.15, 0.2) is 48.8 Å². The summed E-state index contributed by atoms with van der Waals surface area (Å²) in [6.45, 7) is 8.19. The van der Waals surface area contributed by atoms with E-state index in [1.165, 1.54) is 24.5 Å². The quantitative estimate of drug-likeness (QED) is 0.277. The number of aryl methyl sites for hydroxylation is 1. The van der Waals surface area contributed by atoms with Gasteiger partial charge in [0.05, 0.1) is 21.7 Å². The predicted octanol–water partition coefficient (Wildman–Crippen LogP) is 6.38. The van der Waals surface area contributed by atoms with Gasteiger partial charge in [-0.1, -0.05) is 17.7 Å². The zero-order valence-electron chi connectivity index (χ0n) is 23.9. The first-order chi connectivity index (χ1) is 19.7. The number of alkyl halides is 3. The number of hydrogen-bond acceptors (Lipinski definition) is 6. The average molecular weight is 603 g/mol.